The topological polar surface area (TPSA) is 98.9 Å². The Hall–Kier alpha value is -2.94. The molecule has 0 saturated heterocycles. The Morgan fingerprint density at radius 3 is 2.61 bits per heavy atom. The van der Waals surface area contributed by atoms with Crippen LogP contribution in [-0.4, -0.2) is 21.0 Å². The fourth-order valence-corrected chi connectivity index (χ4v) is 1.30. The van der Waals surface area contributed by atoms with Gasteiger partial charge in [-0.3, -0.25) is 0 Å². The van der Waals surface area contributed by atoms with E-state index in [0.717, 1.165) is 0 Å². The van der Waals surface area contributed by atoms with Crippen molar-refractivity contribution < 1.29 is 9.90 Å². The van der Waals surface area contributed by atoms with E-state index in [2.05, 4.69) is 15.3 Å². The largest absolute Gasteiger partial charge is 0.477 e. The molecule has 0 radical (unpaired) electrons. The average Bonchev–Trinajstić information content (AvgIpc) is 2.40. The maximum atomic E-state index is 10.7. The summed E-state index contributed by atoms with van der Waals surface area (Å²) in [5.74, 6) is -0.917. The van der Waals surface area contributed by atoms with Crippen LogP contribution in [0.3, 0.4) is 0 Å². The minimum atomic E-state index is -1.11. The predicted octanol–water partition coefficient (Wildman–Crippen LogP) is 1.79. The van der Waals surface area contributed by atoms with Crippen LogP contribution in [0, 0.1) is 11.3 Å². The third-order valence-corrected chi connectivity index (χ3v) is 2.14. The van der Waals surface area contributed by atoms with Gasteiger partial charge in [0.15, 0.2) is 5.69 Å². The second-order valence-corrected chi connectivity index (χ2v) is 3.38. The Morgan fingerprint density at radius 1 is 1.28 bits per heavy atom. The van der Waals surface area contributed by atoms with Gasteiger partial charge in [0, 0.05) is 11.9 Å². The Bertz CT molecular complexity index is 617. The number of hydrogen-bond donors (Lipinski definition) is 2. The number of aromatic carboxylic acids is 1. The smallest absolute Gasteiger partial charge is 0.354 e. The van der Waals surface area contributed by atoms with Crippen molar-refractivity contribution in [2.24, 2.45) is 0 Å². The first-order chi connectivity index (χ1) is 8.69. The predicted molar refractivity (Wildman–Crippen MR) is 63.4 cm³/mol. The quantitative estimate of drug-likeness (QED) is 0.848. The SMILES string of the molecule is N#Cc1ccc(Nc2nccc(C(=O)O)n2)cc1. The lowest BCUT2D eigenvalue weighted by atomic mass is 10.2. The third kappa shape index (κ3) is 2.59. The molecule has 0 aliphatic heterocycles. The zero-order valence-electron chi connectivity index (χ0n) is 9.16. The highest BCUT2D eigenvalue weighted by molar-refractivity contribution is 5.85. The first-order valence-corrected chi connectivity index (χ1v) is 5.02. The van der Waals surface area contributed by atoms with Crippen LogP contribution < -0.4 is 5.32 Å². The Morgan fingerprint density at radius 2 is 2.00 bits per heavy atom. The molecular weight excluding hydrogens is 232 g/mol. The third-order valence-electron chi connectivity index (χ3n) is 2.14. The van der Waals surface area contributed by atoms with Crippen LogP contribution in [0.2, 0.25) is 0 Å². The zero-order valence-corrected chi connectivity index (χ0v) is 9.16. The van der Waals surface area contributed by atoms with Crippen LogP contribution in [0.15, 0.2) is 36.5 Å². The first-order valence-electron chi connectivity index (χ1n) is 5.02. The fourth-order valence-electron chi connectivity index (χ4n) is 1.30. The van der Waals surface area contributed by atoms with Crippen molar-refractivity contribution in [2.45, 2.75) is 0 Å². The van der Waals surface area contributed by atoms with Gasteiger partial charge in [0.25, 0.3) is 0 Å². The van der Waals surface area contributed by atoms with E-state index in [1.165, 1.54) is 12.3 Å². The summed E-state index contributed by atoms with van der Waals surface area (Å²) in [6.45, 7) is 0. The molecule has 1 aromatic carbocycles. The van der Waals surface area contributed by atoms with Crippen molar-refractivity contribution in [3.8, 4) is 6.07 Å². The van der Waals surface area contributed by atoms with Crippen molar-refractivity contribution in [1.82, 2.24) is 9.97 Å². The molecule has 6 nitrogen and oxygen atoms in total. The maximum Gasteiger partial charge on any atom is 0.354 e. The van der Waals surface area contributed by atoms with E-state index in [9.17, 15) is 4.79 Å². The number of anilines is 2. The number of nitrogens with zero attached hydrogens (tertiary/aromatic N) is 3. The minimum Gasteiger partial charge on any atom is -0.477 e. The number of carboxylic acids is 1. The van der Waals surface area contributed by atoms with Crippen molar-refractivity contribution in [1.29, 1.82) is 5.26 Å². The molecule has 2 aromatic rings. The molecule has 0 saturated carbocycles. The van der Waals surface area contributed by atoms with Crippen LogP contribution in [0.4, 0.5) is 11.6 Å². The van der Waals surface area contributed by atoms with E-state index in [1.807, 2.05) is 6.07 Å². The van der Waals surface area contributed by atoms with Gasteiger partial charge >= 0.3 is 5.97 Å². The molecule has 0 bridgehead atoms. The van der Waals surface area contributed by atoms with Crippen molar-refractivity contribution in [3.05, 3.63) is 47.8 Å². The van der Waals surface area contributed by atoms with E-state index in [-0.39, 0.29) is 11.6 Å². The van der Waals surface area contributed by atoms with E-state index in [0.29, 0.717) is 11.3 Å². The maximum absolute atomic E-state index is 10.7. The van der Waals surface area contributed by atoms with Crippen LogP contribution >= 0.6 is 0 Å². The van der Waals surface area contributed by atoms with E-state index < -0.39 is 5.97 Å². The van der Waals surface area contributed by atoms with Gasteiger partial charge in [-0.25, -0.2) is 14.8 Å². The molecule has 0 atom stereocenters. The van der Waals surface area contributed by atoms with Gasteiger partial charge in [0.2, 0.25) is 5.95 Å². The normalized spacial score (nSPS) is 9.50. The summed E-state index contributed by atoms with van der Waals surface area (Å²) >= 11 is 0. The number of hydrogen-bond acceptors (Lipinski definition) is 5. The molecule has 1 heterocycles. The molecule has 0 fully saturated rings. The number of rotatable bonds is 3. The number of benzene rings is 1. The van der Waals surface area contributed by atoms with E-state index in [4.69, 9.17) is 10.4 Å². The zero-order chi connectivity index (χ0) is 13.0. The summed E-state index contributed by atoms with van der Waals surface area (Å²) in [4.78, 5) is 18.5. The average molecular weight is 240 g/mol. The van der Waals surface area contributed by atoms with Crippen LogP contribution in [-0.2, 0) is 0 Å². The fraction of sp³-hybridized carbons (Fsp3) is 0. The van der Waals surface area contributed by atoms with E-state index in [1.54, 1.807) is 24.3 Å². The number of nitrogens with one attached hydrogen (secondary N) is 1. The number of carbonyl (C=O) groups is 1. The van der Waals surface area contributed by atoms with Gasteiger partial charge < -0.3 is 10.4 Å². The first kappa shape index (κ1) is 11.5. The lowest BCUT2D eigenvalue weighted by Gasteiger charge is -2.04. The summed E-state index contributed by atoms with van der Waals surface area (Å²) in [6, 6.07) is 9.98. The molecule has 0 aliphatic carbocycles. The van der Waals surface area contributed by atoms with Gasteiger partial charge in [-0.2, -0.15) is 5.26 Å². The van der Waals surface area contributed by atoms with Crippen LogP contribution in [0.25, 0.3) is 0 Å². The molecule has 0 spiro atoms. The molecule has 18 heavy (non-hydrogen) atoms. The summed E-state index contributed by atoms with van der Waals surface area (Å²) in [6.07, 6.45) is 1.36. The van der Waals surface area contributed by atoms with Crippen molar-refractivity contribution in [3.63, 3.8) is 0 Å². The summed E-state index contributed by atoms with van der Waals surface area (Å²) < 4.78 is 0. The highest BCUT2D eigenvalue weighted by Gasteiger charge is 2.06. The standard InChI is InChI=1S/C12H8N4O2/c13-7-8-1-3-9(4-2-8)15-12-14-6-5-10(16-12)11(17)18/h1-6H,(H,17,18)(H,14,15,16). The molecule has 88 valence electrons. The lowest BCUT2D eigenvalue weighted by Crippen LogP contribution is -2.04. The Kier molecular flexibility index (Phi) is 3.16. The van der Waals surface area contributed by atoms with Crippen molar-refractivity contribution >= 4 is 17.6 Å². The van der Waals surface area contributed by atoms with Gasteiger partial charge in [0.05, 0.1) is 11.6 Å². The Labute approximate surface area is 103 Å². The highest BCUT2D eigenvalue weighted by Crippen LogP contribution is 2.13. The highest BCUT2D eigenvalue weighted by atomic mass is 16.4. The molecule has 0 unspecified atom stereocenters. The van der Waals surface area contributed by atoms with Crippen molar-refractivity contribution in [2.75, 3.05) is 5.32 Å². The van der Waals surface area contributed by atoms with Gasteiger partial charge in [-0.1, -0.05) is 0 Å². The van der Waals surface area contributed by atoms with Gasteiger partial charge in [-0.05, 0) is 30.3 Å². The minimum absolute atomic E-state index is 0.0823. The number of carboxylic acid groups (broad SMARTS) is 1. The molecule has 2 N–H and O–H groups in total. The molecule has 0 aliphatic rings. The van der Waals surface area contributed by atoms with E-state index >= 15 is 0 Å². The second kappa shape index (κ2) is 4.93. The molecule has 6 heteroatoms. The van der Waals surface area contributed by atoms with Crippen LogP contribution in [0.5, 0.6) is 0 Å². The molecule has 2 rings (SSSR count). The monoisotopic (exact) mass is 240 g/mol. The number of nitriles is 1. The lowest BCUT2D eigenvalue weighted by molar-refractivity contribution is 0.0690. The summed E-state index contributed by atoms with van der Waals surface area (Å²) in [7, 11) is 0. The number of aromatic nitrogens is 2. The van der Waals surface area contributed by atoms with Gasteiger partial charge in [-0.15, -0.1) is 0 Å². The molecule has 1 aromatic heterocycles. The van der Waals surface area contributed by atoms with Gasteiger partial charge in [0.1, 0.15) is 0 Å². The van der Waals surface area contributed by atoms with Crippen LogP contribution in [0.1, 0.15) is 16.1 Å². The second-order valence-electron chi connectivity index (χ2n) is 3.38. The summed E-state index contributed by atoms with van der Waals surface area (Å²) in [5, 5.41) is 20.3. The molecule has 0 amide bonds. The Balaban J connectivity index is 2.20. The summed E-state index contributed by atoms with van der Waals surface area (Å²) in [5.41, 5.74) is 1.14. The molecular formula is C12H8N4O2.